The Morgan fingerprint density at radius 2 is 1.90 bits per heavy atom. The third-order valence-corrected chi connectivity index (χ3v) is 6.00. The molecule has 0 fully saturated rings. The van der Waals surface area contributed by atoms with Gasteiger partial charge < -0.3 is 10.5 Å². The van der Waals surface area contributed by atoms with Crippen molar-refractivity contribution < 1.29 is 13.2 Å². The van der Waals surface area contributed by atoms with Crippen LogP contribution in [-0.2, 0) is 10.0 Å². The van der Waals surface area contributed by atoms with E-state index in [4.69, 9.17) is 10.5 Å². The lowest BCUT2D eigenvalue weighted by atomic mass is 10.0. The SMILES string of the molecule is COc1ccccc1S(=O)(=O)Nc1ccc(-c2cnc3ccnn3c2N)c(C)c1. The lowest BCUT2D eigenvalue weighted by Crippen LogP contribution is -2.14. The summed E-state index contributed by atoms with van der Waals surface area (Å²) in [7, 11) is -2.37. The first-order chi connectivity index (χ1) is 13.9. The molecule has 0 atom stereocenters. The predicted molar refractivity (Wildman–Crippen MR) is 111 cm³/mol. The molecule has 29 heavy (non-hydrogen) atoms. The molecule has 0 aliphatic rings. The van der Waals surface area contributed by atoms with Crippen LogP contribution in [0.5, 0.6) is 5.75 Å². The molecular formula is C20H19N5O3S. The van der Waals surface area contributed by atoms with E-state index in [1.165, 1.54) is 13.2 Å². The summed E-state index contributed by atoms with van der Waals surface area (Å²) in [6, 6.07) is 13.5. The van der Waals surface area contributed by atoms with Crippen LogP contribution in [0.25, 0.3) is 16.8 Å². The fourth-order valence-corrected chi connectivity index (χ4v) is 4.40. The van der Waals surface area contributed by atoms with Crippen LogP contribution in [0.3, 0.4) is 0 Å². The molecule has 9 heteroatoms. The number of nitrogens with one attached hydrogen (secondary N) is 1. The second-order valence-corrected chi connectivity index (χ2v) is 8.10. The number of hydrogen-bond donors (Lipinski definition) is 2. The first-order valence-corrected chi connectivity index (χ1v) is 10.2. The highest BCUT2D eigenvalue weighted by molar-refractivity contribution is 7.92. The molecule has 2 aromatic carbocycles. The van der Waals surface area contributed by atoms with Crippen molar-refractivity contribution in [2.75, 3.05) is 17.6 Å². The number of nitrogens with two attached hydrogens (primary N) is 1. The third-order valence-electron chi connectivity index (χ3n) is 4.58. The molecule has 8 nitrogen and oxygen atoms in total. The van der Waals surface area contributed by atoms with Gasteiger partial charge in [-0.15, -0.1) is 0 Å². The molecule has 0 amide bonds. The summed E-state index contributed by atoms with van der Waals surface area (Å²) in [5, 5.41) is 4.18. The fraction of sp³-hybridized carbons (Fsp3) is 0.100. The topological polar surface area (TPSA) is 112 Å². The van der Waals surface area contributed by atoms with Crippen LogP contribution in [0.4, 0.5) is 11.5 Å². The average molecular weight is 409 g/mol. The van der Waals surface area contributed by atoms with E-state index in [-0.39, 0.29) is 10.6 Å². The first kappa shape index (κ1) is 18.8. The Hall–Kier alpha value is -3.59. The maximum atomic E-state index is 12.8. The maximum absolute atomic E-state index is 12.8. The minimum absolute atomic E-state index is 0.0711. The van der Waals surface area contributed by atoms with Crippen molar-refractivity contribution in [3.63, 3.8) is 0 Å². The van der Waals surface area contributed by atoms with E-state index < -0.39 is 10.0 Å². The van der Waals surface area contributed by atoms with Gasteiger partial charge in [0, 0.05) is 23.5 Å². The van der Waals surface area contributed by atoms with Crippen molar-refractivity contribution in [3.05, 3.63) is 66.5 Å². The predicted octanol–water partition coefficient (Wildman–Crippen LogP) is 3.10. The number of nitrogen functional groups attached to an aromatic ring is 1. The number of aryl methyl sites for hydroxylation is 1. The van der Waals surface area contributed by atoms with Gasteiger partial charge in [-0.05, 0) is 42.3 Å². The number of aromatic nitrogens is 3. The molecule has 0 radical (unpaired) electrons. The molecule has 4 aromatic rings. The Kier molecular flexibility index (Phi) is 4.59. The zero-order valence-electron chi connectivity index (χ0n) is 15.8. The van der Waals surface area contributed by atoms with Crippen molar-refractivity contribution in [2.24, 2.45) is 0 Å². The van der Waals surface area contributed by atoms with Crippen molar-refractivity contribution in [3.8, 4) is 16.9 Å². The highest BCUT2D eigenvalue weighted by Gasteiger charge is 2.19. The number of nitrogens with zero attached hydrogens (tertiary/aromatic N) is 3. The maximum Gasteiger partial charge on any atom is 0.265 e. The van der Waals surface area contributed by atoms with Gasteiger partial charge in [0.15, 0.2) is 5.65 Å². The number of benzene rings is 2. The summed E-state index contributed by atoms with van der Waals surface area (Å²) in [5.41, 5.74) is 9.74. The molecule has 0 saturated heterocycles. The molecule has 4 rings (SSSR count). The van der Waals surface area contributed by atoms with Crippen LogP contribution in [0.15, 0.2) is 65.8 Å². The zero-order chi connectivity index (χ0) is 20.6. The normalized spacial score (nSPS) is 11.5. The molecule has 0 aliphatic heterocycles. The summed E-state index contributed by atoms with van der Waals surface area (Å²) >= 11 is 0. The van der Waals surface area contributed by atoms with Gasteiger partial charge in [0.25, 0.3) is 10.0 Å². The second-order valence-electron chi connectivity index (χ2n) is 6.44. The minimum atomic E-state index is -3.81. The van der Waals surface area contributed by atoms with Crippen molar-refractivity contribution >= 4 is 27.2 Å². The van der Waals surface area contributed by atoms with Gasteiger partial charge in [-0.2, -0.15) is 9.61 Å². The lowest BCUT2D eigenvalue weighted by Gasteiger charge is -2.14. The van der Waals surface area contributed by atoms with Gasteiger partial charge in [0.2, 0.25) is 0 Å². The van der Waals surface area contributed by atoms with E-state index in [1.54, 1.807) is 59.4 Å². The standard InChI is InChI=1S/C20H19N5O3S/c1-13-11-14(24-29(26,27)18-6-4-3-5-17(18)28-2)7-8-15(13)16-12-22-19-9-10-23-25(19)20(16)21/h3-12,24H,21H2,1-2H3. The monoisotopic (exact) mass is 409 g/mol. The van der Waals surface area contributed by atoms with E-state index in [9.17, 15) is 8.42 Å². The molecular weight excluding hydrogens is 390 g/mol. The molecule has 148 valence electrons. The van der Waals surface area contributed by atoms with Gasteiger partial charge in [0.05, 0.1) is 13.3 Å². The second kappa shape index (κ2) is 7.10. The molecule has 3 N–H and O–H groups in total. The molecule has 2 heterocycles. The van der Waals surface area contributed by atoms with Gasteiger partial charge in [0.1, 0.15) is 16.5 Å². The molecule has 0 spiro atoms. The zero-order valence-corrected chi connectivity index (χ0v) is 16.6. The van der Waals surface area contributed by atoms with E-state index in [1.807, 2.05) is 6.92 Å². The Morgan fingerprint density at radius 3 is 2.66 bits per heavy atom. The Morgan fingerprint density at radius 1 is 1.10 bits per heavy atom. The number of methoxy groups -OCH3 is 1. The summed E-state index contributed by atoms with van der Waals surface area (Å²) in [5.74, 6) is 0.741. The number of rotatable bonds is 5. The van der Waals surface area contributed by atoms with Crippen molar-refractivity contribution in [2.45, 2.75) is 11.8 Å². The lowest BCUT2D eigenvalue weighted by molar-refractivity contribution is 0.403. The number of fused-ring (bicyclic) bond motifs is 1. The summed E-state index contributed by atoms with van der Waals surface area (Å²) in [6.07, 6.45) is 3.32. The van der Waals surface area contributed by atoms with Crippen molar-refractivity contribution in [1.29, 1.82) is 0 Å². The number of ether oxygens (including phenoxy) is 1. The molecule has 0 aliphatic carbocycles. The van der Waals surface area contributed by atoms with Crippen molar-refractivity contribution in [1.82, 2.24) is 14.6 Å². The van der Waals surface area contributed by atoms with Gasteiger partial charge in [-0.25, -0.2) is 13.4 Å². The number of hydrogen-bond acceptors (Lipinski definition) is 6. The largest absolute Gasteiger partial charge is 0.495 e. The summed E-state index contributed by atoms with van der Waals surface area (Å²) in [4.78, 5) is 4.43. The quantitative estimate of drug-likeness (QED) is 0.524. The van der Waals surface area contributed by atoms with E-state index in [0.717, 1.165) is 16.7 Å². The first-order valence-electron chi connectivity index (χ1n) is 8.76. The molecule has 0 bridgehead atoms. The van der Waals surface area contributed by atoms with E-state index in [2.05, 4.69) is 14.8 Å². The summed E-state index contributed by atoms with van der Waals surface area (Å²) in [6.45, 7) is 1.88. The van der Waals surface area contributed by atoms with Gasteiger partial charge in [-0.3, -0.25) is 4.72 Å². The van der Waals surface area contributed by atoms with Gasteiger partial charge in [-0.1, -0.05) is 18.2 Å². The van der Waals surface area contributed by atoms with Crippen LogP contribution in [-0.4, -0.2) is 30.1 Å². The highest BCUT2D eigenvalue weighted by atomic mass is 32.2. The van der Waals surface area contributed by atoms with Crippen LogP contribution in [0.2, 0.25) is 0 Å². The molecule has 0 unspecified atom stereocenters. The fourth-order valence-electron chi connectivity index (χ4n) is 3.18. The Balaban J connectivity index is 1.69. The highest BCUT2D eigenvalue weighted by Crippen LogP contribution is 2.31. The number of para-hydroxylation sites is 1. The van der Waals surface area contributed by atoms with Crippen LogP contribution >= 0.6 is 0 Å². The Labute approximate surface area is 168 Å². The molecule has 2 aromatic heterocycles. The van der Waals surface area contributed by atoms with Crippen LogP contribution < -0.4 is 15.2 Å². The van der Waals surface area contributed by atoms with Gasteiger partial charge >= 0.3 is 0 Å². The number of sulfonamides is 1. The van der Waals surface area contributed by atoms with E-state index >= 15 is 0 Å². The molecule has 0 saturated carbocycles. The Bertz CT molecular complexity index is 1310. The summed E-state index contributed by atoms with van der Waals surface area (Å²) < 4.78 is 34.9. The minimum Gasteiger partial charge on any atom is -0.495 e. The number of anilines is 2. The van der Waals surface area contributed by atoms with Crippen LogP contribution in [0, 0.1) is 6.92 Å². The van der Waals surface area contributed by atoms with E-state index in [0.29, 0.717) is 17.2 Å². The smallest absolute Gasteiger partial charge is 0.265 e. The third kappa shape index (κ3) is 3.36. The average Bonchev–Trinajstić information content (AvgIpc) is 3.18. The van der Waals surface area contributed by atoms with Crippen LogP contribution in [0.1, 0.15) is 5.56 Å².